The molecule has 0 aliphatic heterocycles. The molecule has 9 heteroatoms. The molecule has 3 N–H and O–H groups in total. The highest BCUT2D eigenvalue weighted by Crippen LogP contribution is 2.27. The quantitative estimate of drug-likeness (QED) is 0.540. The van der Waals surface area contributed by atoms with Crippen LogP contribution in [0.1, 0.15) is 10.4 Å². The van der Waals surface area contributed by atoms with E-state index in [1.807, 2.05) is 5.48 Å². The Balaban J connectivity index is 2.81. The standard InChI is InChI=1S/C10H11N3O6/c1-18-8-4-6(2-3-7(8)13(16)17)10(15)12-19-5-9(11)14/h2-4H,5H2,1H3,(H2,11,14)(H,12,15). The van der Waals surface area contributed by atoms with E-state index in [1.165, 1.54) is 19.2 Å². The summed E-state index contributed by atoms with van der Waals surface area (Å²) in [5.41, 5.74) is 6.58. The topological polar surface area (TPSA) is 134 Å². The van der Waals surface area contributed by atoms with Gasteiger partial charge in [0.25, 0.3) is 5.91 Å². The van der Waals surface area contributed by atoms with Crippen LogP contribution in [-0.2, 0) is 9.63 Å². The van der Waals surface area contributed by atoms with Crippen LogP contribution in [0.15, 0.2) is 18.2 Å². The minimum absolute atomic E-state index is 0.0625. The van der Waals surface area contributed by atoms with Gasteiger partial charge in [-0.2, -0.15) is 0 Å². The Kier molecular flexibility index (Phi) is 4.77. The number of hydrogen-bond donors (Lipinski definition) is 2. The summed E-state index contributed by atoms with van der Waals surface area (Å²) in [6.07, 6.45) is 0. The van der Waals surface area contributed by atoms with Gasteiger partial charge in [-0.3, -0.25) is 24.5 Å². The molecular weight excluding hydrogens is 258 g/mol. The van der Waals surface area contributed by atoms with Crippen LogP contribution >= 0.6 is 0 Å². The van der Waals surface area contributed by atoms with Crippen LogP contribution in [-0.4, -0.2) is 30.5 Å². The molecule has 0 aliphatic rings. The lowest BCUT2D eigenvalue weighted by atomic mass is 10.2. The number of rotatable bonds is 6. The molecule has 102 valence electrons. The third-order valence-corrected chi connectivity index (χ3v) is 2.02. The maximum absolute atomic E-state index is 11.6. The number of methoxy groups -OCH3 is 1. The lowest BCUT2D eigenvalue weighted by Gasteiger charge is -2.06. The van der Waals surface area contributed by atoms with E-state index in [4.69, 9.17) is 10.5 Å². The largest absolute Gasteiger partial charge is 0.490 e. The highest BCUT2D eigenvalue weighted by Gasteiger charge is 2.17. The van der Waals surface area contributed by atoms with Crippen molar-refractivity contribution < 1.29 is 24.1 Å². The Bertz CT molecular complexity index is 516. The van der Waals surface area contributed by atoms with Gasteiger partial charge in [0.2, 0.25) is 5.91 Å². The van der Waals surface area contributed by atoms with Gasteiger partial charge in [-0.1, -0.05) is 0 Å². The molecule has 0 radical (unpaired) electrons. The van der Waals surface area contributed by atoms with Gasteiger partial charge in [0.1, 0.15) is 0 Å². The second kappa shape index (κ2) is 6.31. The number of nitrogens with zero attached hydrogens (tertiary/aromatic N) is 1. The molecule has 19 heavy (non-hydrogen) atoms. The van der Waals surface area contributed by atoms with Crippen LogP contribution in [0, 0.1) is 10.1 Å². The smallest absolute Gasteiger partial charge is 0.310 e. The molecule has 0 saturated heterocycles. The summed E-state index contributed by atoms with van der Waals surface area (Å²) in [6, 6.07) is 3.53. The Morgan fingerprint density at radius 2 is 2.16 bits per heavy atom. The predicted octanol–water partition coefficient (Wildman–Crippen LogP) is -0.250. The zero-order valence-electron chi connectivity index (χ0n) is 9.91. The maximum Gasteiger partial charge on any atom is 0.310 e. The summed E-state index contributed by atoms with van der Waals surface area (Å²) in [5, 5.41) is 10.7. The van der Waals surface area contributed by atoms with Crippen LogP contribution in [0.5, 0.6) is 5.75 Å². The normalized spacial score (nSPS) is 9.74. The highest BCUT2D eigenvalue weighted by atomic mass is 16.7. The number of hydroxylamine groups is 1. The number of ether oxygens (including phenoxy) is 1. The number of nitrogens with one attached hydrogen (secondary N) is 1. The monoisotopic (exact) mass is 269 g/mol. The van der Waals surface area contributed by atoms with Crippen LogP contribution in [0.25, 0.3) is 0 Å². The van der Waals surface area contributed by atoms with Gasteiger partial charge in [-0.25, -0.2) is 5.48 Å². The Morgan fingerprint density at radius 3 is 2.68 bits per heavy atom. The lowest BCUT2D eigenvalue weighted by molar-refractivity contribution is -0.385. The molecule has 1 aromatic rings. The summed E-state index contributed by atoms with van der Waals surface area (Å²) >= 11 is 0. The summed E-state index contributed by atoms with van der Waals surface area (Å²) in [5.74, 6) is -1.50. The molecular formula is C10H11N3O6. The van der Waals surface area contributed by atoms with Crippen molar-refractivity contribution in [1.29, 1.82) is 0 Å². The maximum atomic E-state index is 11.6. The molecule has 9 nitrogen and oxygen atoms in total. The number of benzene rings is 1. The lowest BCUT2D eigenvalue weighted by Crippen LogP contribution is -2.29. The molecule has 1 rings (SSSR count). The zero-order chi connectivity index (χ0) is 14.4. The first kappa shape index (κ1) is 14.4. The molecule has 0 saturated carbocycles. The van der Waals surface area contributed by atoms with E-state index in [0.29, 0.717) is 0 Å². The number of carbonyl (C=O) groups excluding carboxylic acids is 2. The van der Waals surface area contributed by atoms with E-state index in [9.17, 15) is 19.7 Å². The van der Waals surface area contributed by atoms with Crippen molar-refractivity contribution in [3.8, 4) is 5.75 Å². The minimum atomic E-state index is -0.749. The minimum Gasteiger partial charge on any atom is -0.490 e. The fourth-order valence-electron chi connectivity index (χ4n) is 1.20. The molecule has 0 atom stereocenters. The van der Waals surface area contributed by atoms with E-state index >= 15 is 0 Å². The molecule has 0 bridgehead atoms. The number of hydrogen-bond acceptors (Lipinski definition) is 6. The summed E-state index contributed by atoms with van der Waals surface area (Å²) in [7, 11) is 1.24. The number of nitrogens with two attached hydrogens (primary N) is 1. The fourth-order valence-corrected chi connectivity index (χ4v) is 1.20. The summed E-state index contributed by atoms with van der Waals surface area (Å²) < 4.78 is 4.80. The summed E-state index contributed by atoms with van der Waals surface area (Å²) in [4.78, 5) is 36.5. The SMILES string of the molecule is COc1cc(C(=O)NOCC(N)=O)ccc1[N+](=O)[O-]. The molecule has 2 amide bonds. The van der Waals surface area contributed by atoms with Gasteiger partial charge in [-0.05, 0) is 6.07 Å². The second-order valence-corrected chi connectivity index (χ2v) is 3.33. The number of carbonyl (C=O) groups is 2. The molecule has 0 aliphatic carbocycles. The van der Waals surface area contributed by atoms with Crippen LogP contribution in [0.2, 0.25) is 0 Å². The summed E-state index contributed by atoms with van der Waals surface area (Å²) in [6.45, 7) is -0.476. The predicted molar refractivity (Wildman–Crippen MR) is 62.3 cm³/mol. The third kappa shape index (κ3) is 3.92. The zero-order valence-corrected chi connectivity index (χ0v) is 9.91. The van der Waals surface area contributed by atoms with Gasteiger partial charge >= 0.3 is 5.69 Å². The van der Waals surface area contributed by atoms with Crippen molar-refractivity contribution in [2.75, 3.05) is 13.7 Å². The van der Waals surface area contributed by atoms with Gasteiger partial charge in [-0.15, -0.1) is 0 Å². The number of primary amides is 1. The van der Waals surface area contributed by atoms with Crippen molar-refractivity contribution in [3.05, 3.63) is 33.9 Å². The Labute approximate surface area is 107 Å². The first-order valence-corrected chi connectivity index (χ1v) is 4.98. The third-order valence-electron chi connectivity index (χ3n) is 2.02. The van der Waals surface area contributed by atoms with Crippen molar-refractivity contribution in [1.82, 2.24) is 5.48 Å². The molecule has 0 fully saturated rings. The van der Waals surface area contributed by atoms with Gasteiger partial charge in [0, 0.05) is 17.7 Å². The molecule has 0 unspecified atom stereocenters. The number of amides is 2. The van der Waals surface area contributed by atoms with Crippen molar-refractivity contribution in [2.45, 2.75) is 0 Å². The first-order chi connectivity index (χ1) is 8.95. The van der Waals surface area contributed by atoms with Crippen LogP contribution < -0.4 is 16.0 Å². The first-order valence-electron chi connectivity index (χ1n) is 4.98. The highest BCUT2D eigenvalue weighted by molar-refractivity contribution is 5.94. The number of nitro groups is 1. The molecule has 0 spiro atoms. The molecule has 0 aromatic heterocycles. The second-order valence-electron chi connectivity index (χ2n) is 3.33. The Morgan fingerprint density at radius 1 is 1.47 bits per heavy atom. The molecule has 1 aromatic carbocycles. The Hall–Kier alpha value is -2.68. The number of nitro benzene ring substituents is 1. The van der Waals surface area contributed by atoms with E-state index in [-0.39, 0.29) is 17.0 Å². The van der Waals surface area contributed by atoms with Gasteiger partial charge in [0.15, 0.2) is 12.4 Å². The average molecular weight is 269 g/mol. The fraction of sp³-hybridized carbons (Fsp3) is 0.200. The van der Waals surface area contributed by atoms with Gasteiger partial charge in [0.05, 0.1) is 12.0 Å². The average Bonchev–Trinajstić information content (AvgIpc) is 2.37. The van der Waals surface area contributed by atoms with Crippen molar-refractivity contribution in [3.63, 3.8) is 0 Å². The van der Waals surface area contributed by atoms with Crippen molar-refractivity contribution in [2.24, 2.45) is 5.73 Å². The van der Waals surface area contributed by atoms with Crippen LogP contribution in [0.3, 0.4) is 0 Å². The van der Waals surface area contributed by atoms with E-state index in [1.54, 1.807) is 0 Å². The van der Waals surface area contributed by atoms with E-state index in [0.717, 1.165) is 6.07 Å². The van der Waals surface area contributed by atoms with Crippen molar-refractivity contribution >= 4 is 17.5 Å². The van der Waals surface area contributed by atoms with E-state index in [2.05, 4.69) is 4.84 Å². The van der Waals surface area contributed by atoms with Gasteiger partial charge < -0.3 is 10.5 Å². The van der Waals surface area contributed by atoms with E-state index < -0.39 is 23.3 Å². The molecule has 0 heterocycles. The van der Waals surface area contributed by atoms with Crippen LogP contribution in [0.4, 0.5) is 5.69 Å².